The van der Waals surface area contributed by atoms with Crippen LogP contribution in [0.5, 0.6) is 0 Å². The van der Waals surface area contributed by atoms with E-state index in [1.54, 1.807) is 12.4 Å². The molecule has 1 fully saturated rings. The maximum Gasteiger partial charge on any atom is 0.183 e. The minimum atomic E-state index is -0.0856. The molecule has 1 aromatic heterocycles. The van der Waals surface area contributed by atoms with E-state index >= 15 is 0 Å². The van der Waals surface area contributed by atoms with Gasteiger partial charge in [0.25, 0.3) is 0 Å². The molecule has 1 aromatic rings. The first-order chi connectivity index (χ1) is 9.16. The van der Waals surface area contributed by atoms with Gasteiger partial charge < -0.3 is 20.0 Å². The first-order valence-corrected chi connectivity index (χ1v) is 6.72. The number of hydrogen-bond donors (Lipinski definition) is 1. The van der Waals surface area contributed by atoms with Gasteiger partial charge >= 0.3 is 0 Å². The summed E-state index contributed by atoms with van der Waals surface area (Å²) in [6, 6.07) is 1.44. The summed E-state index contributed by atoms with van der Waals surface area (Å²) in [4.78, 5) is 28.1. The molecule has 1 N–H and O–H groups in total. The first kappa shape index (κ1) is 19.0. The van der Waals surface area contributed by atoms with Gasteiger partial charge in [0.1, 0.15) is 0 Å². The quantitative estimate of drug-likeness (QED) is 0.763. The molecule has 0 spiro atoms. The predicted octanol–water partition coefficient (Wildman–Crippen LogP) is 1.75. The van der Waals surface area contributed by atoms with Gasteiger partial charge in [-0.25, -0.2) is 0 Å². The Morgan fingerprint density at radius 1 is 1.50 bits per heavy atom. The van der Waals surface area contributed by atoms with Crippen LogP contribution in [-0.2, 0) is 31.8 Å². The van der Waals surface area contributed by atoms with Crippen LogP contribution in [0.1, 0.15) is 25.8 Å². The van der Waals surface area contributed by atoms with E-state index in [-0.39, 0.29) is 44.2 Å². The van der Waals surface area contributed by atoms with Crippen molar-refractivity contribution < 1.29 is 25.2 Å². The standard InChI is InChI=1S/C12H17N3O2.C2H6.Re/c1-15-5-3-9(8-15)12(17)14-7-10-6-13-4-2-11(10)16;1-2;/h2,4,6,9H,3,5,7-8H2,1H3,(H2,13,14,16,17);1-2H3;/p-1. The van der Waals surface area contributed by atoms with Crippen LogP contribution in [0.15, 0.2) is 23.3 Å². The molecular weight excluding hydrogens is 428 g/mol. The largest absolute Gasteiger partial charge is 0.649 e. The monoisotopic (exact) mass is 451 g/mol. The number of H-pyrrole nitrogens is 1. The van der Waals surface area contributed by atoms with Crippen molar-refractivity contribution in [2.45, 2.75) is 26.8 Å². The van der Waals surface area contributed by atoms with E-state index in [1.165, 1.54) is 6.07 Å². The molecule has 0 aliphatic carbocycles. The summed E-state index contributed by atoms with van der Waals surface area (Å²) in [6.45, 7) is 5.89. The summed E-state index contributed by atoms with van der Waals surface area (Å²) < 4.78 is 0. The number of carbonyl (C=O) groups is 1. The number of carbonyl (C=O) groups excluding carboxylic acids is 1. The molecule has 20 heavy (non-hydrogen) atoms. The van der Waals surface area contributed by atoms with Crippen molar-refractivity contribution in [3.8, 4) is 0 Å². The third kappa shape index (κ3) is 5.58. The molecule has 1 saturated heterocycles. The summed E-state index contributed by atoms with van der Waals surface area (Å²) in [5.74, 6) is -0.0830. The third-order valence-electron chi connectivity index (χ3n) is 3.05. The molecule has 2 rings (SSSR count). The van der Waals surface area contributed by atoms with Gasteiger partial charge in [-0.15, -0.1) is 0 Å². The van der Waals surface area contributed by atoms with Gasteiger partial charge in [0.2, 0.25) is 0 Å². The molecule has 113 valence electrons. The van der Waals surface area contributed by atoms with Gasteiger partial charge in [0.15, 0.2) is 5.43 Å². The maximum absolute atomic E-state index is 11.8. The van der Waals surface area contributed by atoms with Crippen LogP contribution in [0.25, 0.3) is 5.32 Å². The molecule has 1 radical (unpaired) electrons. The smallest absolute Gasteiger partial charge is 0.183 e. The molecule has 0 aromatic carbocycles. The zero-order valence-electron chi connectivity index (χ0n) is 12.2. The third-order valence-corrected chi connectivity index (χ3v) is 3.05. The molecule has 0 bridgehead atoms. The second-order valence-electron chi connectivity index (χ2n) is 4.44. The SMILES string of the molecule is CC.CN1CCC(C(=O)[N-]Cc2c[nH]ccc2=O)C1.[Re]. The van der Waals surface area contributed by atoms with Crippen LogP contribution in [0.3, 0.4) is 0 Å². The molecule has 5 nitrogen and oxygen atoms in total. The fourth-order valence-electron chi connectivity index (χ4n) is 2.00. The number of nitrogens with one attached hydrogen (secondary N) is 1. The molecule has 1 aliphatic heterocycles. The van der Waals surface area contributed by atoms with E-state index in [4.69, 9.17) is 0 Å². The number of likely N-dealkylation sites (tertiary alicyclic amines) is 1. The van der Waals surface area contributed by atoms with E-state index in [0.29, 0.717) is 5.56 Å². The Bertz CT molecular complexity index is 462. The molecular formula is C14H22N3O2Re-. The Morgan fingerprint density at radius 3 is 2.75 bits per heavy atom. The van der Waals surface area contributed by atoms with Gasteiger partial charge in [-0.2, -0.15) is 0 Å². The zero-order chi connectivity index (χ0) is 14.3. The van der Waals surface area contributed by atoms with E-state index in [9.17, 15) is 9.59 Å². The summed E-state index contributed by atoms with van der Waals surface area (Å²) >= 11 is 0. The predicted molar refractivity (Wildman–Crippen MR) is 76.1 cm³/mol. The van der Waals surface area contributed by atoms with E-state index in [0.717, 1.165) is 19.5 Å². The number of amides is 1. The molecule has 0 saturated carbocycles. The Labute approximate surface area is 133 Å². The van der Waals surface area contributed by atoms with Gasteiger partial charge in [0.05, 0.1) is 5.91 Å². The minimum Gasteiger partial charge on any atom is -0.649 e. The number of aromatic amines is 1. The van der Waals surface area contributed by atoms with E-state index in [1.807, 2.05) is 20.9 Å². The van der Waals surface area contributed by atoms with Crippen LogP contribution in [0, 0.1) is 5.92 Å². The molecule has 1 atom stereocenters. The van der Waals surface area contributed by atoms with Crippen LogP contribution >= 0.6 is 0 Å². The number of aromatic nitrogens is 1. The van der Waals surface area contributed by atoms with Gasteiger partial charge in [-0.05, 0) is 25.6 Å². The number of rotatable bonds is 3. The van der Waals surface area contributed by atoms with Gasteiger partial charge in [-0.1, -0.05) is 20.4 Å². The summed E-state index contributed by atoms with van der Waals surface area (Å²) in [7, 11) is 2.00. The molecule has 1 amide bonds. The van der Waals surface area contributed by atoms with Crippen molar-refractivity contribution in [2.75, 3.05) is 20.1 Å². The minimum absolute atomic E-state index is 0. The van der Waals surface area contributed by atoms with Gasteiger partial charge in [0, 0.05) is 51.3 Å². The molecule has 1 aliphatic rings. The normalized spacial score (nSPS) is 17.6. The van der Waals surface area contributed by atoms with Crippen molar-refractivity contribution in [3.63, 3.8) is 0 Å². The van der Waals surface area contributed by atoms with Crippen LogP contribution in [-0.4, -0.2) is 35.9 Å². The average Bonchev–Trinajstić information content (AvgIpc) is 2.86. The maximum atomic E-state index is 11.8. The van der Waals surface area contributed by atoms with Crippen molar-refractivity contribution in [1.82, 2.24) is 9.88 Å². The van der Waals surface area contributed by atoms with Crippen LogP contribution in [0.2, 0.25) is 0 Å². The summed E-state index contributed by atoms with van der Waals surface area (Å²) in [5.41, 5.74) is 0.455. The van der Waals surface area contributed by atoms with Crippen molar-refractivity contribution >= 4 is 5.91 Å². The number of hydrogen-bond acceptors (Lipinski definition) is 3. The number of pyridine rings is 1. The van der Waals surface area contributed by atoms with Crippen molar-refractivity contribution in [3.05, 3.63) is 39.6 Å². The van der Waals surface area contributed by atoms with E-state index < -0.39 is 0 Å². The topological polar surface area (TPSA) is 67.3 Å². The summed E-state index contributed by atoms with van der Waals surface area (Å²) in [5, 5.41) is 3.99. The Morgan fingerprint density at radius 2 is 2.20 bits per heavy atom. The fraction of sp³-hybridized carbons (Fsp3) is 0.571. The summed E-state index contributed by atoms with van der Waals surface area (Å²) in [6.07, 6.45) is 4.03. The van der Waals surface area contributed by atoms with Gasteiger partial charge in [-0.3, -0.25) is 4.79 Å². The van der Waals surface area contributed by atoms with Crippen LogP contribution < -0.4 is 5.43 Å². The molecule has 1 unspecified atom stereocenters. The van der Waals surface area contributed by atoms with Crippen molar-refractivity contribution in [1.29, 1.82) is 0 Å². The van der Waals surface area contributed by atoms with Crippen LogP contribution in [0.4, 0.5) is 0 Å². The first-order valence-electron chi connectivity index (χ1n) is 6.72. The van der Waals surface area contributed by atoms with Crippen molar-refractivity contribution in [2.24, 2.45) is 5.92 Å². The fourth-order valence-corrected chi connectivity index (χ4v) is 2.00. The Kier molecular flexibility index (Phi) is 9.40. The Hall–Kier alpha value is -0.958. The second kappa shape index (κ2) is 9.87. The zero-order valence-corrected chi connectivity index (χ0v) is 14.9. The van der Waals surface area contributed by atoms with E-state index in [2.05, 4.69) is 15.2 Å². The Balaban J connectivity index is 0.00000115. The molecule has 6 heteroatoms. The number of nitrogens with zero attached hydrogens (tertiary/aromatic N) is 2. The second-order valence-corrected chi connectivity index (χ2v) is 4.44. The molecule has 2 heterocycles. The average molecular weight is 451 g/mol.